The van der Waals surface area contributed by atoms with Crippen LogP contribution in [-0.4, -0.2) is 21.5 Å². The van der Waals surface area contributed by atoms with Gasteiger partial charge in [-0.05, 0) is 24.3 Å². The zero-order valence-electron chi connectivity index (χ0n) is 14.0. The number of carbonyl (C=O) groups excluding carboxylic acids is 2. The Hall–Kier alpha value is -3.14. The minimum Gasteiger partial charge on any atom is -0.661 e. The first-order chi connectivity index (χ1) is 12.8. The van der Waals surface area contributed by atoms with Gasteiger partial charge in [0.25, 0.3) is 0 Å². The fourth-order valence-corrected chi connectivity index (χ4v) is 2.13. The zero-order chi connectivity index (χ0) is 18.2. The topological polar surface area (TPSA) is 88.1 Å². The summed E-state index contributed by atoms with van der Waals surface area (Å²) in [6.45, 7) is 0. The van der Waals surface area contributed by atoms with Crippen molar-refractivity contribution in [1.82, 2.24) is 19.9 Å². The van der Waals surface area contributed by atoms with Crippen molar-refractivity contribution in [3.8, 4) is 0 Å². The molecule has 136 valence electrons. The molecule has 4 heterocycles. The van der Waals surface area contributed by atoms with Crippen molar-refractivity contribution in [3.05, 3.63) is 108 Å². The molecule has 0 unspecified atom stereocenters. The van der Waals surface area contributed by atoms with Crippen LogP contribution in [0.15, 0.2) is 85.5 Å². The number of ketones is 2. The second kappa shape index (κ2) is 10.1. The molecule has 0 saturated heterocycles. The smallest absolute Gasteiger partial charge is 0.661 e. The second-order valence-corrected chi connectivity index (χ2v) is 5.13. The van der Waals surface area contributed by atoms with Crippen LogP contribution in [0.25, 0.3) is 0 Å². The third-order valence-corrected chi connectivity index (χ3v) is 3.37. The van der Waals surface area contributed by atoms with E-state index in [1.54, 1.807) is 85.5 Å². The van der Waals surface area contributed by atoms with Crippen molar-refractivity contribution in [3.63, 3.8) is 0 Å². The third kappa shape index (κ3) is 5.42. The summed E-state index contributed by atoms with van der Waals surface area (Å²) in [6, 6.07) is 17.3. The second-order valence-electron chi connectivity index (χ2n) is 5.13. The Balaban J connectivity index is 0.000000187. The monoisotopic (exact) mass is 448 g/mol. The van der Waals surface area contributed by atoms with E-state index in [9.17, 15) is 9.59 Å². The predicted octanol–water partition coefficient (Wildman–Crippen LogP) is 2.54. The minimum absolute atomic E-state index is 0. The first-order valence-electron chi connectivity index (χ1n) is 7.82. The Morgan fingerprint density at radius 3 is 1.37 bits per heavy atom. The average Bonchev–Trinajstić information content (AvgIpc) is 3.43. The molecule has 0 amide bonds. The van der Waals surface area contributed by atoms with Gasteiger partial charge in [-0.3, -0.25) is 19.6 Å². The Morgan fingerprint density at radius 2 is 1.07 bits per heavy atom. The quantitative estimate of drug-likeness (QED) is 0.352. The van der Waals surface area contributed by atoms with Gasteiger partial charge < -0.3 is 9.97 Å². The predicted molar refractivity (Wildman–Crippen MR) is 94.9 cm³/mol. The van der Waals surface area contributed by atoms with Gasteiger partial charge in [-0.15, -0.1) is 0 Å². The third-order valence-electron chi connectivity index (χ3n) is 3.37. The average molecular weight is 449 g/mol. The van der Waals surface area contributed by atoms with Gasteiger partial charge in [-0.2, -0.15) is 12.4 Å². The first kappa shape index (κ1) is 20.2. The molecular weight excluding hydrogens is 435 g/mol. The molecule has 4 aromatic rings. The molecule has 4 rings (SSSR count). The van der Waals surface area contributed by atoms with Gasteiger partial charge in [0.2, 0.25) is 0 Å². The molecule has 0 fully saturated rings. The molecule has 0 N–H and O–H groups in total. The zero-order valence-corrected chi connectivity index (χ0v) is 15.6. The molecule has 0 atom stereocenters. The van der Waals surface area contributed by atoms with Gasteiger partial charge >= 0.3 is 20.4 Å². The Bertz CT molecular complexity index is 872. The maximum atomic E-state index is 11.6. The summed E-state index contributed by atoms with van der Waals surface area (Å²) in [5.41, 5.74) is 1.75. The molecule has 0 spiro atoms. The normalized spacial score (nSPS) is 9.48. The van der Waals surface area contributed by atoms with Gasteiger partial charge in [-0.1, -0.05) is 47.8 Å². The fourth-order valence-electron chi connectivity index (χ4n) is 2.13. The van der Waals surface area contributed by atoms with Crippen LogP contribution < -0.4 is 9.97 Å². The van der Waals surface area contributed by atoms with E-state index in [1.807, 2.05) is 0 Å². The summed E-state index contributed by atoms with van der Waals surface area (Å²) < 4.78 is 0. The maximum Gasteiger partial charge on any atom is 2.00 e. The number of aromatic nitrogens is 4. The molecule has 0 aliphatic rings. The van der Waals surface area contributed by atoms with Crippen LogP contribution in [0, 0.1) is 0 Å². The number of rotatable bonds is 4. The minimum atomic E-state index is -0.134. The van der Waals surface area contributed by atoms with Gasteiger partial charge in [0.15, 0.2) is 11.6 Å². The molecular formula is C20H14N4O2Pd. The van der Waals surface area contributed by atoms with Crippen LogP contribution >= 0.6 is 0 Å². The Kier molecular flexibility index (Phi) is 7.56. The molecule has 6 nitrogen and oxygen atoms in total. The molecule has 0 radical (unpaired) electrons. The van der Waals surface area contributed by atoms with Gasteiger partial charge in [0.1, 0.15) is 11.4 Å². The van der Waals surface area contributed by atoms with Crippen molar-refractivity contribution >= 4 is 11.6 Å². The van der Waals surface area contributed by atoms with Crippen LogP contribution in [0.2, 0.25) is 0 Å². The van der Waals surface area contributed by atoms with E-state index in [2.05, 4.69) is 19.9 Å². The van der Waals surface area contributed by atoms with Crippen LogP contribution in [0.5, 0.6) is 0 Å². The van der Waals surface area contributed by atoms with Crippen molar-refractivity contribution in [2.75, 3.05) is 0 Å². The van der Waals surface area contributed by atoms with E-state index in [-0.39, 0.29) is 32.0 Å². The molecule has 0 saturated carbocycles. The van der Waals surface area contributed by atoms with Gasteiger partial charge in [0, 0.05) is 12.4 Å². The van der Waals surface area contributed by atoms with E-state index < -0.39 is 0 Å². The number of carbonyl (C=O) groups is 2. The largest absolute Gasteiger partial charge is 2.00 e. The summed E-state index contributed by atoms with van der Waals surface area (Å²) in [5.74, 6) is -0.267. The summed E-state index contributed by atoms with van der Waals surface area (Å²) in [4.78, 5) is 38.9. The number of pyridine rings is 2. The van der Waals surface area contributed by atoms with Crippen molar-refractivity contribution in [2.24, 2.45) is 0 Å². The van der Waals surface area contributed by atoms with Gasteiger partial charge in [0.05, 0.1) is 0 Å². The Labute approximate surface area is 169 Å². The Morgan fingerprint density at radius 1 is 0.630 bits per heavy atom. The van der Waals surface area contributed by atoms with Crippen LogP contribution in [-0.2, 0) is 20.4 Å². The molecule has 0 aromatic carbocycles. The molecule has 0 aliphatic carbocycles. The van der Waals surface area contributed by atoms with E-state index >= 15 is 0 Å². The van der Waals surface area contributed by atoms with Crippen LogP contribution in [0.3, 0.4) is 0 Å². The SMILES string of the molecule is O=C(c1ccccn1)c1ccc[n-]1.O=C(c1ccccn1)c1ccc[n-]1.[Pd+2]. The van der Waals surface area contributed by atoms with E-state index in [4.69, 9.17) is 0 Å². The summed E-state index contributed by atoms with van der Waals surface area (Å²) >= 11 is 0. The molecule has 7 heteroatoms. The van der Waals surface area contributed by atoms with Crippen molar-refractivity contribution < 1.29 is 30.0 Å². The van der Waals surface area contributed by atoms with Gasteiger partial charge in [-0.25, -0.2) is 0 Å². The van der Waals surface area contributed by atoms with Crippen LogP contribution in [0.4, 0.5) is 0 Å². The standard InChI is InChI=1S/2C10H8N2O.Pd/c2*13-10(9-5-3-7-12-9)8-4-1-2-6-11-8;/h2*1-7H,(H,12,13);/q;;+2/p-2. The summed E-state index contributed by atoms with van der Waals surface area (Å²) in [6.07, 6.45) is 6.37. The van der Waals surface area contributed by atoms with Crippen molar-refractivity contribution in [1.29, 1.82) is 0 Å². The number of hydrogen-bond donors (Lipinski definition) is 0. The first-order valence-corrected chi connectivity index (χ1v) is 7.82. The molecule has 0 bridgehead atoms. The van der Waals surface area contributed by atoms with E-state index in [0.717, 1.165) is 0 Å². The fraction of sp³-hybridized carbons (Fsp3) is 0. The maximum absolute atomic E-state index is 11.6. The number of hydrogen-bond acceptors (Lipinski definition) is 4. The molecule has 27 heavy (non-hydrogen) atoms. The summed E-state index contributed by atoms with van der Waals surface area (Å²) in [5, 5.41) is 0. The van der Waals surface area contributed by atoms with E-state index in [1.165, 1.54) is 0 Å². The van der Waals surface area contributed by atoms with Crippen LogP contribution in [0.1, 0.15) is 32.4 Å². The van der Waals surface area contributed by atoms with Crippen molar-refractivity contribution in [2.45, 2.75) is 0 Å². The summed E-state index contributed by atoms with van der Waals surface area (Å²) in [7, 11) is 0. The molecule has 0 aliphatic heterocycles. The van der Waals surface area contributed by atoms with E-state index in [0.29, 0.717) is 22.8 Å². The molecule has 4 aromatic heterocycles. The number of nitrogens with zero attached hydrogens (tertiary/aromatic N) is 4.